The maximum atomic E-state index is 12.8. The fourth-order valence-electron chi connectivity index (χ4n) is 1.06. The van der Waals surface area contributed by atoms with Gasteiger partial charge in [0.25, 0.3) is 0 Å². The second-order valence-corrected chi connectivity index (χ2v) is 2.67. The lowest BCUT2D eigenvalue weighted by atomic mass is 10.0. The smallest absolute Gasteiger partial charge is 0.184 e. The first kappa shape index (κ1) is 9.82. The van der Waals surface area contributed by atoms with E-state index >= 15 is 0 Å². The molecule has 1 aliphatic heterocycles. The van der Waals surface area contributed by atoms with Crippen molar-refractivity contribution in [2.24, 2.45) is 0 Å². The molecule has 5 atom stereocenters. The highest BCUT2D eigenvalue weighted by Crippen LogP contribution is 2.21. The zero-order valence-electron chi connectivity index (χ0n) is 6.17. The molecule has 6 heteroatoms. The maximum Gasteiger partial charge on any atom is 0.184 e. The Bertz CT molecular complexity index is 150. The Kier molecular flexibility index (Phi) is 2.97. The molecular formula is C6H11FO5. The zero-order chi connectivity index (χ0) is 9.30. The standard InChI is InChI=1S/C6H11FO5/c7-3-4(9)2(1-8)12-6(11)5(3)10/h2-6,8-11H,1H2/t2-,3+,4-,5-,6-/m1/s1. The van der Waals surface area contributed by atoms with Crippen LogP contribution in [-0.2, 0) is 4.74 Å². The molecule has 1 aliphatic rings. The molecule has 0 amide bonds. The molecule has 5 nitrogen and oxygen atoms in total. The Hall–Kier alpha value is -0.270. The number of ether oxygens (including phenoxy) is 1. The van der Waals surface area contributed by atoms with Gasteiger partial charge in [-0.3, -0.25) is 0 Å². The van der Waals surface area contributed by atoms with Gasteiger partial charge in [0.05, 0.1) is 6.61 Å². The van der Waals surface area contributed by atoms with Gasteiger partial charge in [-0.25, -0.2) is 4.39 Å². The highest BCUT2D eigenvalue weighted by molar-refractivity contribution is 4.88. The number of hydrogen-bond acceptors (Lipinski definition) is 5. The molecule has 0 saturated carbocycles. The molecule has 72 valence electrons. The number of halogens is 1. The summed E-state index contributed by atoms with van der Waals surface area (Å²) >= 11 is 0. The lowest BCUT2D eigenvalue weighted by molar-refractivity contribution is -0.274. The van der Waals surface area contributed by atoms with Gasteiger partial charge in [0, 0.05) is 0 Å². The molecule has 0 bridgehead atoms. The number of aliphatic hydroxyl groups excluding tert-OH is 4. The van der Waals surface area contributed by atoms with E-state index in [-0.39, 0.29) is 0 Å². The monoisotopic (exact) mass is 182 g/mol. The third kappa shape index (κ3) is 1.57. The fraction of sp³-hybridized carbons (Fsp3) is 1.00. The molecule has 0 aromatic carbocycles. The SMILES string of the molecule is OC[C@H]1O[C@@H](O)[C@H](O)[C@@H](F)[C@@H]1O. The van der Waals surface area contributed by atoms with Crippen LogP contribution >= 0.6 is 0 Å². The predicted octanol–water partition coefficient (Wildman–Crippen LogP) is -2.24. The number of rotatable bonds is 1. The van der Waals surface area contributed by atoms with Crippen LogP contribution in [0.4, 0.5) is 4.39 Å². The summed E-state index contributed by atoms with van der Waals surface area (Å²) in [5.74, 6) is 0. The van der Waals surface area contributed by atoms with Crippen molar-refractivity contribution in [3.8, 4) is 0 Å². The van der Waals surface area contributed by atoms with Crippen LogP contribution in [0, 0.1) is 0 Å². The van der Waals surface area contributed by atoms with Gasteiger partial charge in [0.2, 0.25) is 0 Å². The van der Waals surface area contributed by atoms with Crippen LogP contribution in [0.5, 0.6) is 0 Å². The molecule has 0 radical (unpaired) electrons. The Labute approximate surface area is 68.0 Å². The Morgan fingerprint density at radius 2 is 1.75 bits per heavy atom. The van der Waals surface area contributed by atoms with Crippen molar-refractivity contribution in [3.05, 3.63) is 0 Å². The maximum absolute atomic E-state index is 12.8. The molecule has 1 fully saturated rings. The average Bonchev–Trinajstić information content (AvgIpc) is 2.08. The van der Waals surface area contributed by atoms with Gasteiger partial charge in [-0.1, -0.05) is 0 Å². The van der Waals surface area contributed by atoms with E-state index in [2.05, 4.69) is 4.74 Å². The zero-order valence-corrected chi connectivity index (χ0v) is 6.17. The second-order valence-electron chi connectivity index (χ2n) is 2.67. The van der Waals surface area contributed by atoms with Gasteiger partial charge < -0.3 is 25.2 Å². The third-order valence-electron chi connectivity index (χ3n) is 1.82. The van der Waals surface area contributed by atoms with Crippen molar-refractivity contribution in [2.75, 3.05) is 6.61 Å². The van der Waals surface area contributed by atoms with Crippen LogP contribution in [0.1, 0.15) is 0 Å². The van der Waals surface area contributed by atoms with E-state index < -0.39 is 37.4 Å². The van der Waals surface area contributed by atoms with Crippen LogP contribution in [0.25, 0.3) is 0 Å². The van der Waals surface area contributed by atoms with Crippen LogP contribution in [0.2, 0.25) is 0 Å². The third-order valence-corrected chi connectivity index (χ3v) is 1.82. The van der Waals surface area contributed by atoms with Crippen molar-refractivity contribution in [1.82, 2.24) is 0 Å². The van der Waals surface area contributed by atoms with E-state index in [4.69, 9.17) is 20.4 Å². The largest absolute Gasteiger partial charge is 0.394 e. The summed E-state index contributed by atoms with van der Waals surface area (Å²) in [5, 5.41) is 35.2. The first-order valence-corrected chi connectivity index (χ1v) is 3.52. The van der Waals surface area contributed by atoms with Crippen LogP contribution in [0.15, 0.2) is 0 Å². The van der Waals surface area contributed by atoms with Gasteiger partial charge in [0.1, 0.15) is 18.3 Å². The first-order chi connectivity index (χ1) is 5.57. The molecule has 0 spiro atoms. The van der Waals surface area contributed by atoms with Crippen LogP contribution in [0.3, 0.4) is 0 Å². The van der Waals surface area contributed by atoms with Gasteiger partial charge in [-0.15, -0.1) is 0 Å². The van der Waals surface area contributed by atoms with Gasteiger partial charge in [-0.2, -0.15) is 0 Å². The highest BCUT2D eigenvalue weighted by atomic mass is 19.1. The molecule has 0 unspecified atom stereocenters. The summed E-state index contributed by atoms with van der Waals surface area (Å²) in [7, 11) is 0. The summed E-state index contributed by atoms with van der Waals surface area (Å²) in [6, 6.07) is 0. The van der Waals surface area contributed by atoms with E-state index in [9.17, 15) is 4.39 Å². The molecule has 0 aromatic rings. The molecule has 0 aliphatic carbocycles. The molecule has 12 heavy (non-hydrogen) atoms. The minimum Gasteiger partial charge on any atom is -0.394 e. The van der Waals surface area contributed by atoms with Crippen molar-refractivity contribution >= 4 is 0 Å². The van der Waals surface area contributed by atoms with E-state index in [0.717, 1.165) is 0 Å². The number of aliphatic hydroxyl groups is 4. The minimum absolute atomic E-state index is 0.606. The lowest BCUT2D eigenvalue weighted by Gasteiger charge is -2.36. The average molecular weight is 182 g/mol. The molecule has 1 saturated heterocycles. The lowest BCUT2D eigenvalue weighted by Crippen LogP contribution is -2.56. The second kappa shape index (κ2) is 3.63. The van der Waals surface area contributed by atoms with Gasteiger partial charge in [0.15, 0.2) is 12.5 Å². The van der Waals surface area contributed by atoms with Crippen LogP contribution < -0.4 is 0 Å². The Morgan fingerprint density at radius 3 is 2.25 bits per heavy atom. The fourth-order valence-corrected chi connectivity index (χ4v) is 1.06. The van der Waals surface area contributed by atoms with Gasteiger partial charge >= 0.3 is 0 Å². The summed E-state index contributed by atoms with van der Waals surface area (Å²) in [6.07, 6.45) is -8.24. The first-order valence-electron chi connectivity index (χ1n) is 3.52. The highest BCUT2D eigenvalue weighted by Gasteiger charge is 2.43. The van der Waals surface area contributed by atoms with E-state index in [0.29, 0.717) is 0 Å². The molecule has 1 rings (SSSR count). The molecule has 0 aromatic heterocycles. The number of alkyl halides is 1. The molecule has 1 heterocycles. The van der Waals surface area contributed by atoms with E-state index in [1.807, 2.05) is 0 Å². The summed E-state index contributed by atoms with van der Waals surface area (Å²) < 4.78 is 17.3. The van der Waals surface area contributed by atoms with Crippen molar-refractivity contribution in [3.63, 3.8) is 0 Å². The minimum atomic E-state index is -1.99. The summed E-state index contributed by atoms with van der Waals surface area (Å²) in [4.78, 5) is 0. The quantitative estimate of drug-likeness (QED) is 0.368. The van der Waals surface area contributed by atoms with Crippen molar-refractivity contribution in [1.29, 1.82) is 0 Å². The number of hydrogen-bond donors (Lipinski definition) is 4. The van der Waals surface area contributed by atoms with Gasteiger partial charge in [-0.05, 0) is 0 Å². The Morgan fingerprint density at radius 1 is 1.17 bits per heavy atom. The summed E-state index contributed by atoms with van der Waals surface area (Å²) in [5.41, 5.74) is 0. The van der Waals surface area contributed by atoms with Crippen LogP contribution in [-0.4, -0.2) is 57.8 Å². The molecule has 4 N–H and O–H groups in total. The van der Waals surface area contributed by atoms with Crippen molar-refractivity contribution < 1.29 is 29.6 Å². The molecular weight excluding hydrogens is 171 g/mol. The van der Waals surface area contributed by atoms with E-state index in [1.165, 1.54) is 0 Å². The predicted molar refractivity (Wildman–Crippen MR) is 34.9 cm³/mol. The topological polar surface area (TPSA) is 90.2 Å². The van der Waals surface area contributed by atoms with Crippen molar-refractivity contribution in [2.45, 2.75) is 30.8 Å². The Balaban J connectivity index is 2.63. The normalized spacial score (nSPS) is 49.2. The summed E-state index contributed by atoms with van der Waals surface area (Å²) in [6.45, 7) is -0.606. The van der Waals surface area contributed by atoms with E-state index in [1.54, 1.807) is 0 Å².